The Morgan fingerprint density at radius 3 is 2.38 bits per heavy atom. The second-order valence-corrected chi connectivity index (χ2v) is 10.4. The van der Waals surface area contributed by atoms with Crippen LogP contribution in [0.3, 0.4) is 0 Å². The van der Waals surface area contributed by atoms with Crippen molar-refractivity contribution in [2.24, 2.45) is 5.92 Å². The Balaban J connectivity index is 1.65. The molecule has 39 heavy (non-hydrogen) atoms. The van der Waals surface area contributed by atoms with Gasteiger partial charge in [0.1, 0.15) is 6.10 Å². The minimum atomic E-state index is -4.68. The average Bonchev–Trinajstić information content (AvgIpc) is 3.69. The number of nitrogens with zero attached hydrogens (tertiary/aromatic N) is 1. The van der Waals surface area contributed by atoms with E-state index >= 15 is 0 Å². The second kappa shape index (κ2) is 12.6. The highest BCUT2D eigenvalue weighted by atomic mass is 35.5. The molecule has 2 aromatic carbocycles. The molecule has 1 atom stereocenters. The van der Waals surface area contributed by atoms with E-state index in [0.717, 1.165) is 25.0 Å². The molecule has 0 radical (unpaired) electrons. The first kappa shape index (κ1) is 29.2. The molecule has 0 bridgehead atoms. The van der Waals surface area contributed by atoms with Gasteiger partial charge in [0.05, 0.1) is 22.2 Å². The lowest BCUT2D eigenvalue weighted by Crippen LogP contribution is -2.13. The van der Waals surface area contributed by atoms with Crippen LogP contribution in [0.5, 0.6) is 11.5 Å². The summed E-state index contributed by atoms with van der Waals surface area (Å²) in [5.74, 6) is 0.0805. The van der Waals surface area contributed by atoms with Gasteiger partial charge in [0, 0.05) is 23.7 Å². The Bertz CT molecular complexity index is 1300. The van der Waals surface area contributed by atoms with Crippen molar-refractivity contribution in [1.29, 1.82) is 0 Å². The van der Waals surface area contributed by atoms with E-state index in [9.17, 15) is 26.7 Å². The number of carbonyl (C=O) groups is 1. The predicted molar refractivity (Wildman–Crippen MR) is 136 cm³/mol. The molecular weight excluding hydrogens is 588 g/mol. The quantitative estimate of drug-likeness (QED) is 0.130. The average molecular weight is 608 g/mol. The minimum absolute atomic E-state index is 0.00254. The molecule has 0 aliphatic heterocycles. The van der Waals surface area contributed by atoms with Crippen LogP contribution in [0.25, 0.3) is 0 Å². The van der Waals surface area contributed by atoms with Gasteiger partial charge in [0.15, 0.2) is 11.5 Å². The third-order valence-corrected chi connectivity index (χ3v) is 7.18. The van der Waals surface area contributed by atoms with Crippen molar-refractivity contribution in [2.45, 2.75) is 43.0 Å². The summed E-state index contributed by atoms with van der Waals surface area (Å²) in [6.07, 6.45) is -1.36. The number of ether oxygens (including phenoxy) is 3. The van der Waals surface area contributed by atoms with Crippen molar-refractivity contribution in [1.82, 2.24) is 4.98 Å². The highest BCUT2D eigenvalue weighted by Crippen LogP contribution is 2.40. The second-order valence-electron chi connectivity index (χ2n) is 8.58. The largest absolute Gasteiger partial charge is 0.489 e. The number of rotatable bonds is 10. The zero-order valence-electron chi connectivity index (χ0n) is 19.9. The highest BCUT2D eigenvalue weighted by molar-refractivity contribution is 8.13. The lowest BCUT2D eigenvalue weighted by molar-refractivity contribution is -0.139. The normalized spacial score (nSPS) is 14.3. The standard InChI is InChI=1S/C26H20Cl2F5NO4S/c27-18-11-34-12-19(28)16(18)10-21(38-25(35)39-23-4-2-1-3-17(23)26(31,32)33)15-7-8-20(37-24(29)30)22(9-15)36-13-14-5-6-14/h1-4,7-9,11-12,14,21,24H,5-6,10,13H2/t21-/m0/s1. The molecule has 0 saturated heterocycles. The molecule has 1 fully saturated rings. The molecule has 1 saturated carbocycles. The molecule has 4 rings (SSSR count). The Hall–Kier alpha value is -2.76. The molecule has 0 unspecified atom stereocenters. The van der Waals surface area contributed by atoms with Crippen LogP contribution < -0.4 is 9.47 Å². The molecule has 13 heteroatoms. The Morgan fingerprint density at radius 1 is 1.05 bits per heavy atom. The summed E-state index contributed by atoms with van der Waals surface area (Å²) in [4.78, 5) is 16.4. The van der Waals surface area contributed by atoms with Crippen molar-refractivity contribution >= 4 is 40.3 Å². The summed E-state index contributed by atoms with van der Waals surface area (Å²) in [5, 5.41) is -0.700. The maximum absolute atomic E-state index is 13.4. The zero-order chi connectivity index (χ0) is 28.2. The van der Waals surface area contributed by atoms with Crippen molar-refractivity contribution in [3.05, 3.63) is 81.6 Å². The first-order valence-corrected chi connectivity index (χ1v) is 13.1. The smallest absolute Gasteiger partial charge is 0.417 e. The van der Waals surface area contributed by atoms with Gasteiger partial charge in [-0.05, 0) is 65.9 Å². The number of hydrogen-bond donors (Lipinski definition) is 0. The molecule has 3 aromatic rings. The van der Waals surface area contributed by atoms with Gasteiger partial charge in [-0.3, -0.25) is 4.98 Å². The van der Waals surface area contributed by atoms with Crippen molar-refractivity contribution in [3.63, 3.8) is 0 Å². The Labute approximate surface area is 234 Å². The molecule has 208 valence electrons. The van der Waals surface area contributed by atoms with Gasteiger partial charge in [-0.15, -0.1) is 0 Å². The lowest BCUT2D eigenvalue weighted by Gasteiger charge is -2.21. The number of hydrogen-bond acceptors (Lipinski definition) is 6. The number of pyridine rings is 1. The first-order chi connectivity index (χ1) is 18.5. The molecule has 1 aromatic heterocycles. The van der Waals surface area contributed by atoms with E-state index in [2.05, 4.69) is 9.72 Å². The first-order valence-electron chi connectivity index (χ1n) is 11.6. The molecule has 5 nitrogen and oxygen atoms in total. The van der Waals surface area contributed by atoms with Gasteiger partial charge >= 0.3 is 18.1 Å². The third-order valence-electron chi connectivity index (χ3n) is 5.69. The maximum Gasteiger partial charge on any atom is 0.417 e. The number of carbonyl (C=O) groups excluding carboxylic acids is 1. The fraction of sp³-hybridized carbons (Fsp3) is 0.308. The summed E-state index contributed by atoms with van der Waals surface area (Å²) in [7, 11) is 0. The van der Waals surface area contributed by atoms with Gasteiger partial charge in [-0.1, -0.05) is 41.4 Å². The zero-order valence-corrected chi connectivity index (χ0v) is 22.2. The van der Waals surface area contributed by atoms with Crippen molar-refractivity contribution in [2.75, 3.05) is 6.61 Å². The molecular formula is C26H20Cl2F5NO4S. The van der Waals surface area contributed by atoms with Crippen LogP contribution in [0.1, 0.15) is 35.6 Å². The number of aromatic nitrogens is 1. The lowest BCUT2D eigenvalue weighted by atomic mass is 10.0. The monoisotopic (exact) mass is 607 g/mol. The predicted octanol–water partition coefficient (Wildman–Crippen LogP) is 9.01. The van der Waals surface area contributed by atoms with E-state index in [1.165, 1.54) is 42.7 Å². The van der Waals surface area contributed by atoms with Crippen LogP contribution in [0.4, 0.5) is 26.7 Å². The van der Waals surface area contributed by atoms with Crippen molar-refractivity contribution in [3.8, 4) is 11.5 Å². The van der Waals surface area contributed by atoms with Crippen LogP contribution in [-0.2, 0) is 17.3 Å². The van der Waals surface area contributed by atoms with Crippen LogP contribution in [0.15, 0.2) is 59.8 Å². The third kappa shape index (κ3) is 8.12. The van der Waals surface area contributed by atoms with Gasteiger partial charge in [-0.2, -0.15) is 22.0 Å². The fourth-order valence-corrected chi connectivity index (χ4v) is 4.89. The SMILES string of the molecule is O=C(O[C@@H](Cc1c(Cl)cncc1Cl)c1ccc(OC(F)F)c(OCC2CC2)c1)Sc1ccccc1C(F)(F)F. The van der Waals surface area contributed by atoms with Crippen molar-refractivity contribution < 1.29 is 41.0 Å². The molecule has 1 aliphatic rings. The summed E-state index contributed by atoms with van der Waals surface area (Å²) >= 11 is 12.8. The Morgan fingerprint density at radius 2 is 1.74 bits per heavy atom. The van der Waals surface area contributed by atoms with Gasteiger partial charge in [-0.25, -0.2) is 4.79 Å². The van der Waals surface area contributed by atoms with E-state index in [1.54, 1.807) is 0 Å². The summed E-state index contributed by atoms with van der Waals surface area (Å²) in [6.45, 7) is -2.83. The van der Waals surface area contributed by atoms with Crippen LogP contribution in [-0.4, -0.2) is 23.5 Å². The van der Waals surface area contributed by atoms with E-state index in [4.69, 9.17) is 32.7 Å². The number of thioether (sulfide) groups is 1. The maximum atomic E-state index is 13.4. The molecule has 0 N–H and O–H groups in total. The number of alkyl halides is 5. The Kier molecular flexibility index (Phi) is 9.45. The summed E-state index contributed by atoms with van der Waals surface area (Å²) in [5.41, 5.74) is -0.336. The van der Waals surface area contributed by atoms with Crippen LogP contribution >= 0.6 is 35.0 Å². The van der Waals surface area contributed by atoms with Gasteiger partial charge < -0.3 is 14.2 Å². The van der Waals surface area contributed by atoms with Gasteiger partial charge in [0.25, 0.3) is 0 Å². The molecule has 0 spiro atoms. The van der Waals surface area contributed by atoms with Crippen LogP contribution in [0, 0.1) is 5.92 Å². The molecule has 0 amide bonds. The summed E-state index contributed by atoms with van der Waals surface area (Å²) < 4.78 is 82.1. The molecule has 1 aliphatic carbocycles. The summed E-state index contributed by atoms with van der Waals surface area (Å²) in [6, 6.07) is 8.60. The van der Waals surface area contributed by atoms with E-state index in [-0.39, 0.29) is 51.2 Å². The van der Waals surface area contributed by atoms with E-state index in [1.807, 2.05) is 0 Å². The molecule has 1 heterocycles. The van der Waals surface area contributed by atoms with Gasteiger partial charge in [0.2, 0.25) is 0 Å². The highest BCUT2D eigenvalue weighted by Gasteiger charge is 2.34. The van der Waals surface area contributed by atoms with Crippen LogP contribution in [0.2, 0.25) is 10.0 Å². The van der Waals surface area contributed by atoms with E-state index in [0.29, 0.717) is 17.0 Å². The topological polar surface area (TPSA) is 57.7 Å². The fourth-order valence-electron chi connectivity index (χ4n) is 3.59. The number of halogens is 7. The van der Waals surface area contributed by atoms with E-state index < -0.39 is 29.8 Å². The minimum Gasteiger partial charge on any atom is -0.489 e. The number of benzene rings is 2.